The van der Waals surface area contributed by atoms with Gasteiger partial charge in [0, 0.05) is 23.3 Å². The van der Waals surface area contributed by atoms with Gasteiger partial charge >= 0.3 is 6.18 Å². The second-order valence-corrected chi connectivity index (χ2v) is 13.0. The summed E-state index contributed by atoms with van der Waals surface area (Å²) in [5, 5.41) is 16.7. The van der Waals surface area contributed by atoms with Crippen LogP contribution in [0.5, 0.6) is 0 Å². The molecule has 1 aromatic heterocycles. The monoisotopic (exact) mass is 620 g/mol. The number of benzene rings is 2. The lowest BCUT2D eigenvalue weighted by atomic mass is 9.99. The van der Waals surface area contributed by atoms with Crippen LogP contribution in [0, 0.1) is 0 Å². The minimum atomic E-state index is -4.57. The van der Waals surface area contributed by atoms with E-state index in [9.17, 15) is 32.7 Å². The van der Waals surface area contributed by atoms with E-state index in [0.717, 1.165) is 22.7 Å². The molecule has 5 rings (SSSR count). The van der Waals surface area contributed by atoms with E-state index in [1.165, 1.54) is 23.0 Å². The molecule has 1 unspecified atom stereocenters. The summed E-state index contributed by atoms with van der Waals surface area (Å²) in [5.41, 5.74) is -0.306. The van der Waals surface area contributed by atoms with Crippen LogP contribution in [0.3, 0.4) is 0 Å². The van der Waals surface area contributed by atoms with Crippen molar-refractivity contribution in [1.82, 2.24) is 14.7 Å². The summed E-state index contributed by atoms with van der Waals surface area (Å²) in [6.45, 7) is 5.66. The normalized spacial score (nSPS) is 22.6. The average molecular weight is 621 g/mol. The standard InChI is InChI=1S/C29H28ClF3N4O4S/c1-28(2,3)37(27(40)41)10-4-5-21(37)16-35-25(38)24(42-26(35)39)12-17-6-9-23-19(11-17)14-34-36(23)15-18-7-8-20(30)13-22(18)29(31,32)33/h6-9,11-14,21H,4-5,10,15-16H2,1-3H3/b24-12-/t21-,37?/m1/s1. The molecule has 2 aliphatic heterocycles. The van der Waals surface area contributed by atoms with Crippen molar-refractivity contribution in [3.05, 3.63) is 69.2 Å². The summed E-state index contributed by atoms with van der Waals surface area (Å²) in [6, 6.07) is 8.24. The predicted octanol–water partition coefficient (Wildman–Crippen LogP) is 5.91. The van der Waals surface area contributed by atoms with Crippen molar-refractivity contribution >= 4 is 57.6 Å². The number of carbonyl (C=O) groups excluding carboxylic acids is 3. The van der Waals surface area contributed by atoms with E-state index in [1.807, 2.05) is 20.8 Å². The minimum absolute atomic E-state index is 0.0137. The van der Waals surface area contributed by atoms with Crippen LogP contribution in [0.15, 0.2) is 47.5 Å². The first-order valence-corrected chi connectivity index (χ1v) is 14.5. The van der Waals surface area contributed by atoms with Crippen LogP contribution in [0.4, 0.5) is 22.8 Å². The number of likely N-dealkylation sites (tertiary alicyclic amines) is 1. The zero-order chi connectivity index (χ0) is 30.6. The number of hydrogen-bond donors (Lipinski definition) is 0. The molecule has 3 aromatic rings. The Morgan fingerprint density at radius 1 is 1.19 bits per heavy atom. The molecule has 0 radical (unpaired) electrons. The second-order valence-electron chi connectivity index (χ2n) is 11.5. The Bertz CT molecular complexity index is 1630. The fraction of sp³-hybridized carbons (Fsp3) is 0.379. The van der Waals surface area contributed by atoms with Crippen LogP contribution < -0.4 is 5.11 Å². The molecule has 2 atom stereocenters. The van der Waals surface area contributed by atoms with Gasteiger partial charge in [0.1, 0.15) is 6.04 Å². The van der Waals surface area contributed by atoms with Crippen molar-refractivity contribution in [3.63, 3.8) is 0 Å². The largest absolute Gasteiger partial charge is 0.498 e. The van der Waals surface area contributed by atoms with Gasteiger partial charge in [0.25, 0.3) is 17.2 Å². The first-order chi connectivity index (χ1) is 19.6. The Kier molecular flexibility index (Phi) is 7.70. The fourth-order valence-corrected chi connectivity index (χ4v) is 7.08. The van der Waals surface area contributed by atoms with Crippen molar-refractivity contribution < 1.29 is 37.1 Å². The Morgan fingerprint density at radius 2 is 1.93 bits per heavy atom. The lowest BCUT2D eigenvalue weighted by Crippen LogP contribution is -2.71. The van der Waals surface area contributed by atoms with E-state index in [1.54, 1.807) is 24.3 Å². The van der Waals surface area contributed by atoms with Gasteiger partial charge in [-0.05, 0) is 74.0 Å². The minimum Gasteiger partial charge on any atom is -0.498 e. The number of rotatable bonds is 5. The molecule has 42 heavy (non-hydrogen) atoms. The van der Waals surface area contributed by atoms with Crippen molar-refractivity contribution in [2.75, 3.05) is 13.1 Å². The highest BCUT2D eigenvalue weighted by atomic mass is 35.5. The molecule has 3 heterocycles. The van der Waals surface area contributed by atoms with Gasteiger partial charge < -0.3 is 9.90 Å². The van der Waals surface area contributed by atoms with Crippen LogP contribution in [0.2, 0.25) is 5.02 Å². The van der Waals surface area contributed by atoms with Gasteiger partial charge in [-0.1, -0.05) is 23.7 Å². The molecule has 0 N–H and O–H groups in total. The molecule has 8 nitrogen and oxygen atoms in total. The summed E-state index contributed by atoms with van der Waals surface area (Å²) in [6.07, 6.45) is -1.51. The van der Waals surface area contributed by atoms with Crippen LogP contribution in [0.25, 0.3) is 17.0 Å². The molecule has 2 aliphatic rings. The Hall–Kier alpha value is -3.35. The van der Waals surface area contributed by atoms with Gasteiger partial charge in [-0.15, -0.1) is 0 Å². The Balaban J connectivity index is 1.37. The van der Waals surface area contributed by atoms with Gasteiger partial charge in [0.2, 0.25) is 0 Å². The number of thioether (sulfide) groups is 1. The number of amides is 3. The van der Waals surface area contributed by atoms with Crippen molar-refractivity contribution in [1.29, 1.82) is 0 Å². The molecular formula is C29H28ClF3N4O4S. The highest BCUT2D eigenvalue weighted by Crippen LogP contribution is 2.40. The van der Waals surface area contributed by atoms with E-state index in [4.69, 9.17) is 11.6 Å². The van der Waals surface area contributed by atoms with Crippen LogP contribution in [-0.2, 0) is 17.5 Å². The topological polar surface area (TPSA) is 95.3 Å². The number of imide groups is 1. The van der Waals surface area contributed by atoms with Crippen molar-refractivity contribution in [2.24, 2.45) is 0 Å². The third-order valence-electron chi connectivity index (χ3n) is 8.12. The number of quaternary nitrogens is 1. The number of alkyl halides is 3. The molecule has 0 aliphatic carbocycles. The zero-order valence-electron chi connectivity index (χ0n) is 23.1. The van der Waals surface area contributed by atoms with Crippen LogP contribution in [0.1, 0.15) is 50.3 Å². The lowest BCUT2D eigenvalue weighted by Gasteiger charge is -2.49. The predicted molar refractivity (Wildman–Crippen MR) is 151 cm³/mol. The smallest absolute Gasteiger partial charge is 0.416 e. The van der Waals surface area contributed by atoms with Gasteiger partial charge in [-0.25, -0.2) is 0 Å². The summed E-state index contributed by atoms with van der Waals surface area (Å²) in [7, 11) is 0. The van der Waals surface area contributed by atoms with Crippen molar-refractivity contribution in [3.8, 4) is 0 Å². The number of carbonyl (C=O) groups is 3. The summed E-state index contributed by atoms with van der Waals surface area (Å²) < 4.78 is 41.8. The van der Waals surface area contributed by atoms with Crippen LogP contribution in [-0.4, -0.2) is 61.1 Å². The number of fused-ring (bicyclic) bond motifs is 1. The Morgan fingerprint density at radius 3 is 2.60 bits per heavy atom. The van der Waals surface area contributed by atoms with Crippen molar-refractivity contribution in [2.45, 2.75) is 57.9 Å². The molecule has 3 amide bonds. The molecule has 2 aromatic carbocycles. The van der Waals surface area contributed by atoms with E-state index in [-0.39, 0.29) is 33.1 Å². The van der Waals surface area contributed by atoms with Gasteiger partial charge in [0.15, 0.2) is 0 Å². The van der Waals surface area contributed by atoms with Crippen LogP contribution >= 0.6 is 23.4 Å². The van der Waals surface area contributed by atoms with E-state index >= 15 is 0 Å². The molecule has 0 saturated carbocycles. The molecular weight excluding hydrogens is 593 g/mol. The molecule has 0 bridgehead atoms. The quantitative estimate of drug-likeness (QED) is 0.260. The number of nitrogens with zero attached hydrogens (tertiary/aromatic N) is 4. The molecule has 2 saturated heterocycles. The maximum Gasteiger partial charge on any atom is 0.416 e. The first kappa shape index (κ1) is 30.1. The summed E-state index contributed by atoms with van der Waals surface area (Å²) in [4.78, 5) is 39.7. The number of aromatic nitrogens is 2. The molecule has 0 spiro atoms. The highest BCUT2D eigenvalue weighted by molar-refractivity contribution is 8.18. The zero-order valence-corrected chi connectivity index (χ0v) is 24.6. The number of carboxylic acid groups (broad SMARTS) is 1. The van der Waals surface area contributed by atoms with Gasteiger partial charge in [-0.3, -0.25) is 23.7 Å². The van der Waals surface area contributed by atoms with E-state index in [0.29, 0.717) is 35.9 Å². The number of halogens is 4. The van der Waals surface area contributed by atoms with Gasteiger partial charge in [0.05, 0.1) is 47.4 Å². The highest BCUT2D eigenvalue weighted by Gasteiger charge is 2.54. The van der Waals surface area contributed by atoms with Gasteiger partial charge in [-0.2, -0.15) is 18.3 Å². The SMILES string of the molecule is CC(C)(C)[N+]1(C(=O)[O-])CCC[C@@H]1CN1C(=O)S/C(=C\c2ccc3c(cnn3Cc3ccc(Cl)cc3C(F)(F)F)c2)C1=O. The summed E-state index contributed by atoms with van der Waals surface area (Å²) >= 11 is 6.58. The third kappa shape index (κ3) is 5.31. The second kappa shape index (κ2) is 10.7. The third-order valence-corrected chi connectivity index (χ3v) is 9.26. The maximum atomic E-state index is 13.6. The number of hydrogen-bond acceptors (Lipinski definition) is 6. The fourth-order valence-electron chi connectivity index (χ4n) is 6.06. The summed E-state index contributed by atoms with van der Waals surface area (Å²) in [5.74, 6) is -0.500. The van der Waals surface area contributed by atoms with E-state index < -0.39 is 40.6 Å². The maximum absolute atomic E-state index is 13.6. The average Bonchev–Trinajstić information content (AvgIpc) is 3.57. The molecule has 2 fully saturated rings. The lowest BCUT2D eigenvalue weighted by molar-refractivity contribution is -0.929. The molecule has 222 valence electrons. The molecule has 13 heteroatoms. The Labute approximate surface area is 249 Å². The first-order valence-electron chi connectivity index (χ1n) is 13.3. The van der Waals surface area contributed by atoms with E-state index in [2.05, 4.69) is 5.10 Å².